The van der Waals surface area contributed by atoms with Crippen molar-refractivity contribution in [1.29, 1.82) is 0 Å². The van der Waals surface area contributed by atoms with E-state index in [9.17, 15) is 14.9 Å². The minimum atomic E-state index is -0.518. The van der Waals surface area contributed by atoms with Crippen LogP contribution in [0, 0.1) is 24.0 Å². The van der Waals surface area contributed by atoms with Crippen LogP contribution in [0.1, 0.15) is 38.9 Å². The quantitative estimate of drug-likeness (QED) is 0.646. The van der Waals surface area contributed by atoms with Crippen LogP contribution in [0.15, 0.2) is 18.2 Å². The molecule has 1 atom stereocenters. The van der Waals surface area contributed by atoms with Crippen molar-refractivity contribution in [2.45, 2.75) is 26.8 Å². The van der Waals surface area contributed by atoms with Gasteiger partial charge in [-0.1, -0.05) is 0 Å². The number of hydrogen-bond acceptors (Lipinski definition) is 6. The molecule has 0 aliphatic carbocycles. The van der Waals surface area contributed by atoms with Crippen LogP contribution < -0.4 is 10.6 Å². The summed E-state index contributed by atoms with van der Waals surface area (Å²) in [5, 5.41) is 17.6. The maximum Gasteiger partial charge on any atom is 0.270 e. The Bertz CT molecular complexity index is 757. The molecule has 0 radical (unpaired) electrons. The van der Waals surface area contributed by atoms with Gasteiger partial charge in [-0.25, -0.2) is 4.98 Å². The molecule has 122 valence electrons. The van der Waals surface area contributed by atoms with Crippen molar-refractivity contribution < 1.29 is 9.72 Å². The number of nitrogens with one attached hydrogen (secondary N) is 2. The van der Waals surface area contributed by atoms with Gasteiger partial charge in [-0.15, -0.1) is 11.3 Å². The molecule has 0 unspecified atom stereocenters. The van der Waals surface area contributed by atoms with Crippen LogP contribution >= 0.6 is 11.3 Å². The molecule has 2 rings (SSSR count). The molecule has 1 aromatic carbocycles. The molecule has 0 bridgehead atoms. The summed E-state index contributed by atoms with van der Waals surface area (Å²) >= 11 is 1.53. The van der Waals surface area contributed by atoms with Gasteiger partial charge in [0.1, 0.15) is 0 Å². The highest BCUT2D eigenvalue weighted by molar-refractivity contribution is 7.11. The van der Waals surface area contributed by atoms with Crippen LogP contribution in [0.2, 0.25) is 0 Å². The van der Waals surface area contributed by atoms with Crippen molar-refractivity contribution in [1.82, 2.24) is 10.3 Å². The number of aromatic nitrogens is 1. The summed E-state index contributed by atoms with van der Waals surface area (Å²) in [6.45, 7) is 5.68. The van der Waals surface area contributed by atoms with Crippen molar-refractivity contribution in [2.75, 3.05) is 12.4 Å². The Balaban J connectivity index is 2.27. The average molecular weight is 334 g/mol. The molecule has 7 nitrogen and oxygen atoms in total. The molecular weight excluding hydrogens is 316 g/mol. The van der Waals surface area contributed by atoms with E-state index in [0.29, 0.717) is 5.69 Å². The molecule has 0 saturated heterocycles. The third-order valence-corrected chi connectivity index (χ3v) is 4.66. The summed E-state index contributed by atoms with van der Waals surface area (Å²) in [6.07, 6.45) is 0. The molecule has 2 N–H and O–H groups in total. The molecule has 1 amide bonds. The fourth-order valence-corrected chi connectivity index (χ4v) is 3.27. The van der Waals surface area contributed by atoms with E-state index in [4.69, 9.17) is 0 Å². The molecule has 23 heavy (non-hydrogen) atoms. The number of hydrogen-bond donors (Lipinski definition) is 2. The van der Waals surface area contributed by atoms with E-state index in [1.165, 1.54) is 29.5 Å². The molecule has 2 aromatic rings. The van der Waals surface area contributed by atoms with Crippen LogP contribution in [0.5, 0.6) is 0 Å². The lowest BCUT2D eigenvalue weighted by Crippen LogP contribution is -2.27. The number of nitro groups is 1. The van der Waals surface area contributed by atoms with E-state index < -0.39 is 4.92 Å². The van der Waals surface area contributed by atoms with Crippen molar-refractivity contribution in [3.8, 4) is 0 Å². The summed E-state index contributed by atoms with van der Waals surface area (Å²) in [4.78, 5) is 28.2. The second-order valence-corrected chi connectivity index (χ2v) is 6.35. The summed E-state index contributed by atoms with van der Waals surface area (Å²) in [6, 6.07) is 3.94. The first-order chi connectivity index (χ1) is 10.8. The number of thiazole rings is 1. The standard InChI is InChI=1S/C15H18N4O3S/c1-8-14(23-10(3)17-8)9(2)18-15(20)12-7-11(19(21)22)5-6-13(12)16-4/h5-7,9,16H,1-4H3,(H,18,20)/t9-/m0/s1. The molecular formula is C15H18N4O3S. The fourth-order valence-electron chi connectivity index (χ4n) is 2.34. The lowest BCUT2D eigenvalue weighted by atomic mass is 10.1. The van der Waals surface area contributed by atoms with Gasteiger partial charge in [-0.3, -0.25) is 14.9 Å². The van der Waals surface area contributed by atoms with Crippen molar-refractivity contribution in [3.63, 3.8) is 0 Å². The van der Waals surface area contributed by atoms with E-state index in [2.05, 4.69) is 15.6 Å². The van der Waals surface area contributed by atoms with Crippen LogP contribution in [-0.4, -0.2) is 22.9 Å². The highest BCUT2D eigenvalue weighted by Gasteiger charge is 2.20. The molecule has 0 saturated carbocycles. The number of aryl methyl sites for hydroxylation is 2. The number of benzene rings is 1. The average Bonchev–Trinajstić information content (AvgIpc) is 2.85. The third-order valence-electron chi connectivity index (χ3n) is 3.41. The van der Waals surface area contributed by atoms with E-state index in [0.717, 1.165) is 15.6 Å². The number of amides is 1. The van der Waals surface area contributed by atoms with Gasteiger partial charge in [-0.05, 0) is 26.8 Å². The predicted octanol–water partition coefficient (Wildman–Crippen LogP) is 3.20. The lowest BCUT2D eigenvalue weighted by molar-refractivity contribution is -0.384. The summed E-state index contributed by atoms with van der Waals surface area (Å²) in [7, 11) is 1.66. The Kier molecular flexibility index (Phi) is 4.95. The van der Waals surface area contributed by atoms with Crippen LogP contribution in [0.4, 0.5) is 11.4 Å². The van der Waals surface area contributed by atoms with Gasteiger partial charge in [0.2, 0.25) is 0 Å². The maximum atomic E-state index is 12.5. The fraction of sp³-hybridized carbons (Fsp3) is 0.333. The maximum absolute atomic E-state index is 12.5. The second-order valence-electron chi connectivity index (χ2n) is 5.11. The van der Waals surface area contributed by atoms with Crippen molar-refractivity contribution >= 4 is 28.6 Å². The van der Waals surface area contributed by atoms with Crippen molar-refractivity contribution in [2.24, 2.45) is 0 Å². The van der Waals surface area contributed by atoms with Crippen LogP contribution in [0.3, 0.4) is 0 Å². The third kappa shape index (κ3) is 3.65. The molecule has 0 aliphatic heterocycles. The number of rotatable bonds is 5. The zero-order valence-corrected chi connectivity index (χ0v) is 14.2. The van der Waals surface area contributed by atoms with Gasteiger partial charge in [0.25, 0.3) is 11.6 Å². The number of nitrogens with zero attached hydrogens (tertiary/aromatic N) is 2. The van der Waals surface area contributed by atoms with Crippen LogP contribution in [-0.2, 0) is 0 Å². The molecule has 8 heteroatoms. The zero-order valence-electron chi connectivity index (χ0n) is 13.3. The predicted molar refractivity (Wildman–Crippen MR) is 90.1 cm³/mol. The minimum absolute atomic E-state index is 0.119. The molecule has 0 aliphatic rings. The largest absolute Gasteiger partial charge is 0.387 e. The number of anilines is 1. The van der Waals surface area contributed by atoms with Gasteiger partial charge < -0.3 is 10.6 Å². The van der Waals surface area contributed by atoms with E-state index in [1.54, 1.807) is 7.05 Å². The number of nitro benzene ring substituents is 1. The monoisotopic (exact) mass is 334 g/mol. The number of non-ortho nitro benzene ring substituents is 1. The van der Waals surface area contributed by atoms with Gasteiger partial charge >= 0.3 is 0 Å². The normalized spacial score (nSPS) is 11.8. The lowest BCUT2D eigenvalue weighted by Gasteiger charge is -2.15. The second kappa shape index (κ2) is 6.74. The molecule has 0 spiro atoms. The van der Waals surface area contributed by atoms with Crippen LogP contribution in [0.25, 0.3) is 0 Å². The number of carbonyl (C=O) groups is 1. The van der Waals surface area contributed by atoms with E-state index in [-0.39, 0.29) is 23.2 Å². The first-order valence-corrected chi connectivity index (χ1v) is 7.86. The Morgan fingerprint density at radius 3 is 2.61 bits per heavy atom. The Labute approximate surface area is 137 Å². The molecule has 1 heterocycles. The summed E-state index contributed by atoms with van der Waals surface area (Å²) < 4.78 is 0. The highest BCUT2D eigenvalue weighted by Crippen LogP contribution is 2.26. The van der Waals surface area contributed by atoms with Gasteiger partial charge in [0.15, 0.2) is 0 Å². The first kappa shape index (κ1) is 16.9. The summed E-state index contributed by atoms with van der Waals surface area (Å²) in [5.74, 6) is -0.365. The minimum Gasteiger partial charge on any atom is -0.387 e. The zero-order chi connectivity index (χ0) is 17.1. The van der Waals surface area contributed by atoms with Gasteiger partial charge in [0.05, 0.1) is 27.2 Å². The van der Waals surface area contributed by atoms with Crippen molar-refractivity contribution in [3.05, 3.63) is 49.5 Å². The SMILES string of the molecule is CNc1ccc([N+](=O)[O-])cc1C(=O)N[C@@H](C)c1sc(C)nc1C. The van der Waals surface area contributed by atoms with E-state index >= 15 is 0 Å². The topological polar surface area (TPSA) is 97.2 Å². The Hall–Kier alpha value is -2.48. The Morgan fingerprint density at radius 2 is 2.09 bits per heavy atom. The highest BCUT2D eigenvalue weighted by atomic mass is 32.1. The summed E-state index contributed by atoms with van der Waals surface area (Å²) in [5.41, 5.74) is 1.55. The van der Waals surface area contributed by atoms with Gasteiger partial charge in [0, 0.05) is 29.7 Å². The van der Waals surface area contributed by atoms with Gasteiger partial charge in [-0.2, -0.15) is 0 Å². The first-order valence-electron chi connectivity index (χ1n) is 7.04. The molecule has 0 fully saturated rings. The smallest absolute Gasteiger partial charge is 0.270 e. The van der Waals surface area contributed by atoms with E-state index in [1.807, 2.05) is 20.8 Å². The molecule has 1 aromatic heterocycles. The Morgan fingerprint density at radius 1 is 1.39 bits per heavy atom. The number of carbonyl (C=O) groups excluding carboxylic acids is 1.